The van der Waals surface area contributed by atoms with Gasteiger partial charge in [-0.1, -0.05) is 32.1 Å². The topological polar surface area (TPSA) is 46.6 Å². The quantitative estimate of drug-likeness (QED) is 0.543. The summed E-state index contributed by atoms with van der Waals surface area (Å²) in [6.45, 7) is 0.651. The van der Waals surface area contributed by atoms with Crippen molar-refractivity contribution < 1.29 is 14.3 Å². The molecule has 16 heavy (non-hydrogen) atoms. The predicted molar refractivity (Wildman–Crippen MR) is 60.8 cm³/mol. The van der Waals surface area contributed by atoms with E-state index in [1.165, 1.54) is 44.1 Å². The molecular weight excluding hydrogens is 206 g/mol. The summed E-state index contributed by atoms with van der Waals surface area (Å²) in [6.07, 6.45) is 7.48. The van der Waals surface area contributed by atoms with Crippen molar-refractivity contribution in [3.8, 4) is 0 Å². The molecule has 1 amide bonds. The summed E-state index contributed by atoms with van der Waals surface area (Å²) in [5, 5.41) is 0. The van der Waals surface area contributed by atoms with Gasteiger partial charge in [-0.15, -0.1) is 0 Å². The number of carbonyl (C=O) groups is 2. The van der Waals surface area contributed by atoms with Crippen molar-refractivity contribution in [1.29, 1.82) is 0 Å². The number of likely N-dealkylation sites (N-methyl/N-ethyl adjacent to an activating group) is 1. The zero-order valence-corrected chi connectivity index (χ0v) is 10.2. The molecular formula is C12H21NO3. The van der Waals surface area contributed by atoms with Crippen molar-refractivity contribution in [1.82, 2.24) is 4.90 Å². The maximum atomic E-state index is 11.4. The number of ether oxygens (including phenoxy) is 1. The molecule has 0 radical (unpaired) electrons. The van der Waals surface area contributed by atoms with Crippen molar-refractivity contribution in [3.63, 3.8) is 0 Å². The molecule has 0 saturated heterocycles. The van der Waals surface area contributed by atoms with Crippen LogP contribution in [0, 0.1) is 5.92 Å². The smallest absolute Gasteiger partial charge is 0.396 e. The summed E-state index contributed by atoms with van der Waals surface area (Å²) in [5.74, 6) is -0.592. The van der Waals surface area contributed by atoms with Gasteiger partial charge < -0.3 is 9.64 Å². The summed E-state index contributed by atoms with van der Waals surface area (Å²) >= 11 is 0. The van der Waals surface area contributed by atoms with E-state index in [1.807, 2.05) is 0 Å². The minimum absolute atomic E-state index is 0.543. The third-order valence-corrected chi connectivity index (χ3v) is 3.30. The van der Waals surface area contributed by atoms with Crippen molar-refractivity contribution in [2.45, 2.75) is 38.5 Å². The first-order valence-corrected chi connectivity index (χ1v) is 5.98. The Labute approximate surface area is 96.9 Å². The van der Waals surface area contributed by atoms with E-state index >= 15 is 0 Å². The number of nitrogens with zero attached hydrogens (tertiary/aromatic N) is 1. The second-order valence-electron chi connectivity index (χ2n) is 4.51. The first-order chi connectivity index (χ1) is 7.65. The Kier molecular flexibility index (Phi) is 5.29. The Bertz CT molecular complexity index is 247. The summed E-state index contributed by atoms with van der Waals surface area (Å²) in [7, 11) is 2.89. The number of rotatable bonds is 3. The lowest BCUT2D eigenvalue weighted by atomic mass is 9.87. The molecule has 0 bridgehead atoms. The molecule has 0 unspecified atom stereocenters. The molecule has 4 heteroatoms. The molecule has 0 aromatic carbocycles. The van der Waals surface area contributed by atoms with E-state index in [9.17, 15) is 9.59 Å². The monoisotopic (exact) mass is 227 g/mol. The Balaban J connectivity index is 2.25. The lowest BCUT2D eigenvalue weighted by Crippen LogP contribution is -2.35. The van der Waals surface area contributed by atoms with Crippen LogP contribution < -0.4 is 0 Å². The molecule has 4 nitrogen and oxygen atoms in total. The van der Waals surface area contributed by atoms with Gasteiger partial charge in [0.05, 0.1) is 7.11 Å². The number of hydrogen-bond donors (Lipinski definition) is 0. The van der Waals surface area contributed by atoms with E-state index in [0.717, 1.165) is 12.3 Å². The molecule has 0 aliphatic heterocycles. The average Bonchev–Trinajstić information content (AvgIpc) is 2.35. The van der Waals surface area contributed by atoms with Gasteiger partial charge in [-0.2, -0.15) is 0 Å². The van der Waals surface area contributed by atoms with E-state index in [4.69, 9.17) is 0 Å². The number of methoxy groups -OCH3 is 1. The van der Waals surface area contributed by atoms with Crippen LogP contribution in [0.4, 0.5) is 0 Å². The van der Waals surface area contributed by atoms with Crippen LogP contribution in [0.3, 0.4) is 0 Å². The van der Waals surface area contributed by atoms with Gasteiger partial charge in [-0.25, -0.2) is 4.79 Å². The lowest BCUT2D eigenvalue weighted by molar-refractivity contribution is -0.157. The van der Waals surface area contributed by atoms with Crippen LogP contribution in [0.1, 0.15) is 38.5 Å². The highest BCUT2D eigenvalue weighted by molar-refractivity contribution is 6.32. The molecule has 0 aromatic rings. The minimum Gasteiger partial charge on any atom is -0.462 e. The van der Waals surface area contributed by atoms with Crippen LogP contribution in [0.25, 0.3) is 0 Å². The molecule has 1 rings (SSSR count). The highest BCUT2D eigenvalue weighted by Gasteiger charge is 2.20. The number of carbonyl (C=O) groups excluding carboxylic acids is 2. The Hall–Kier alpha value is -1.06. The third-order valence-electron chi connectivity index (χ3n) is 3.30. The average molecular weight is 227 g/mol. The van der Waals surface area contributed by atoms with Gasteiger partial charge in [0.2, 0.25) is 0 Å². The van der Waals surface area contributed by atoms with Gasteiger partial charge in [-0.3, -0.25) is 4.79 Å². The molecule has 1 aliphatic rings. The SMILES string of the molecule is COC(=O)C(=O)N(C)CCC1CCCCC1. The molecule has 1 saturated carbocycles. The van der Waals surface area contributed by atoms with Crippen LogP contribution >= 0.6 is 0 Å². The number of amides is 1. The zero-order valence-electron chi connectivity index (χ0n) is 10.2. The third kappa shape index (κ3) is 3.83. The fourth-order valence-corrected chi connectivity index (χ4v) is 2.20. The van der Waals surface area contributed by atoms with E-state index in [2.05, 4.69) is 4.74 Å². The summed E-state index contributed by atoms with van der Waals surface area (Å²) in [5.41, 5.74) is 0. The van der Waals surface area contributed by atoms with Crippen LogP contribution in [-0.4, -0.2) is 37.5 Å². The van der Waals surface area contributed by atoms with Gasteiger partial charge in [0.1, 0.15) is 0 Å². The standard InChI is InChI=1S/C12H21NO3/c1-13(11(14)12(15)16-2)9-8-10-6-4-3-5-7-10/h10H,3-9H2,1-2H3. The molecule has 0 atom stereocenters. The highest BCUT2D eigenvalue weighted by atomic mass is 16.5. The van der Waals surface area contributed by atoms with Gasteiger partial charge in [0.25, 0.3) is 0 Å². The molecule has 0 spiro atoms. The van der Waals surface area contributed by atoms with Gasteiger partial charge in [0, 0.05) is 13.6 Å². The zero-order chi connectivity index (χ0) is 12.0. The fourth-order valence-electron chi connectivity index (χ4n) is 2.20. The van der Waals surface area contributed by atoms with Crippen molar-refractivity contribution in [3.05, 3.63) is 0 Å². The Morgan fingerprint density at radius 2 is 1.88 bits per heavy atom. The molecule has 92 valence electrons. The van der Waals surface area contributed by atoms with E-state index in [0.29, 0.717) is 6.54 Å². The summed E-state index contributed by atoms with van der Waals surface area (Å²) in [6, 6.07) is 0. The molecule has 0 N–H and O–H groups in total. The number of hydrogen-bond acceptors (Lipinski definition) is 3. The predicted octanol–water partition coefficient (Wildman–Crippen LogP) is 1.59. The van der Waals surface area contributed by atoms with Crippen LogP contribution in [0.2, 0.25) is 0 Å². The first kappa shape index (κ1) is 13.0. The van der Waals surface area contributed by atoms with Crippen LogP contribution in [-0.2, 0) is 14.3 Å². The Morgan fingerprint density at radius 1 is 1.25 bits per heavy atom. The van der Waals surface area contributed by atoms with Gasteiger partial charge >= 0.3 is 11.9 Å². The van der Waals surface area contributed by atoms with Gasteiger partial charge in [0.15, 0.2) is 0 Å². The van der Waals surface area contributed by atoms with Crippen molar-refractivity contribution >= 4 is 11.9 Å². The highest BCUT2D eigenvalue weighted by Crippen LogP contribution is 2.26. The Morgan fingerprint density at radius 3 is 2.44 bits per heavy atom. The minimum atomic E-state index is -0.772. The summed E-state index contributed by atoms with van der Waals surface area (Å²) in [4.78, 5) is 23.8. The maximum absolute atomic E-state index is 11.4. The van der Waals surface area contributed by atoms with Crippen molar-refractivity contribution in [2.24, 2.45) is 5.92 Å². The van der Waals surface area contributed by atoms with E-state index < -0.39 is 11.9 Å². The molecule has 0 aromatic heterocycles. The lowest BCUT2D eigenvalue weighted by Gasteiger charge is -2.24. The van der Waals surface area contributed by atoms with E-state index in [-0.39, 0.29) is 0 Å². The van der Waals surface area contributed by atoms with E-state index in [1.54, 1.807) is 7.05 Å². The molecule has 1 fully saturated rings. The molecule has 0 heterocycles. The van der Waals surface area contributed by atoms with Crippen molar-refractivity contribution in [2.75, 3.05) is 20.7 Å². The normalized spacial score (nSPS) is 16.9. The maximum Gasteiger partial charge on any atom is 0.396 e. The summed E-state index contributed by atoms with van der Waals surface area (Å²) < 4.78 is 4.39. The first-order valence-electron chi connectivity index (χ1n) is 5.98. The second-order valence-corrected chi connectivity index (χ2v) is 4.51. The largest absolute Gasteiger partial charge is 0.462 e. The second kappa shape index (κ2) is 6.51. The fraction of sp³-hybridized carbons (Fsp3) is 0.833. The number of esters is 1. The van der Waals surface area contributed by atoms with Crippen LogP contribution in [0.15, 0.2) is 0 Å². The van der Waals surface area contributed by atoms with Gasteiger partial charge in [-0.05, 0) is 12.3 Å². The van der Waals surface area contributed by atoms with Crippen LogP contribution in [0.5, 0.6) is 0 Å². The molecule has 1 aliphatic carbocycles.